The average Bonchev–Trinajstić information content (AvgIpc) is 2.23. The van der Waals surface area contributed by atoms with E-state index in [4.69, 9.17) is 9.47 Å². The molecule has 0 amide bonds. The van der Waals surface area contributed by atoms with Crippen molar-refractivity contribution >= 4 is 5.78 Å². The van der Waals surface area contributed by atoms with Crippen molar-refractivity contribution in [1.82, 2.24) is 4.98 Å². The van der Waals surface area contributed by atoms with Crippen LogP contribution >= 0.6 is 0 Å². The third-order valence-electron chi connectivity index (χ3n) is 2.73. The number of ether oxygens (including phenoxy) is 2. The minimum absolute atomic E-state index is 0.0147. The van der Waals surface area contributed by atoms with Gasteiger partial charge in [-0.15, -0.1) is 0 Å². The Bertz CT molecular complexity index is 399. The zero-order chi connectivity index (χ0) is 11.5. The Hall–Kier alpha value is -1.58. The van der Waals surface area contributed by atoms with Crippen LogP contribution in [-0.2, 0) is 0 Å². The largest absolute Gasteiger partial charge is 0.481 e. The Morgan fingerprint density at radius 2 is 2.06 bits per heavy atom. The molecule has 0 unspecified atom stereocenters. The maximum atomic E-state index is 11.3. The molecule has 0 bridgehead atoms. The first-order chi connectivity index (χ1) is 7.69. The number of nitrogens with zero attached hydrogens (tertiary/aromatic N) is 1. The lowest BCUT2D eigenvalue weighted by Gasteiger charge is -2.25. The molecule has 0 aromatic carbocycles. The second-order valence-corrected chi connectivity index (χ2v) is 3.96. The molecule has 0 spiro atoms. The number of pyridine rings is 1. The minimum atomic E-state index is -0.0147. The Kier molecular flexibility index (Phi) is 3.08. The van der Waals surface area contributed by atoms with Crippen molar-refractivity contribution in [1.29, 1.82) is 0 Å². The number of hydrogen-bond acceptors (Lipinski definition) is 4. The van der Waals surface area contributed by atoms with Crippen molar-refractivity contribution in [3.63, 3.8) is 0 Å². The third-order valence-corrected chi connectivity index (χ3v) is 2.73. The summed E-state index contributed by atoms with van der Waals surface area (Å²) in [6.07, 6.45) is 3.58. The van der Waals surface area contributed by atoms with Crippen LogP contribution in [0.2, 0.25) is 0 Å². The molecule has 1 aliphatic rings. The van der Waals surface area contributed by atoms with Gasteiger partial charge >= 0.3 is 0 Å². The van der Waals surface area contributed by atoms with Crippen LogP contribution in [0.3, 0.4) is 0 Å². The van der Waals surface area contributed by atoms with E-state index in [2.05, 4.69) is 4.98 Å². The van der Waals surface area contributed by atoms with Gasteiger partial charge in [-0.25, -0.2) is 0 Å². The van der Waals surface area contributed by atoms with Gasteiger partial charge in [-0.3, -0.25) is 4.79 Å². The Labute approximate surface area is 94.6 Å². The van der Waals surface area contributed by atoms with E-state index in [1.165, 1.54) is 20.5 Å². The lowest BCUT2D eigenvalue weighted by Crippen LogP contribution is -2.25. The molecule has 4 nitrogen and oxygen atoms in total. The molecule has 2 rings (SSSR count). The van der Waals surface area contributed by atoms with Gasteiger partial charge in [0.1, 0.15) is 6.10 Å². The molecule has 0 radical (unpaired) electrons. The second-order valence-electron chi connectivity index (χ2n) is 3.96. The first-order valence-electron chi connectivity index (χ1n) is 5.42. The van der Waals surface area contributed by atoms with Gasteiger partial charge in [0.2, 0.25) is 11.8 Å². The summed E-state index contributed by atoms with van der Waals surface area (Å²) < 4.78 is 10.7. The summed E-state index contributed by atoms with van der Waals surface area (Å²) in [5.74, 6) is 0.885. The lowest BCUT2D eigenvalue weighted by atomic mass is 9.96. The molecule has 1 heterocycles. The van der Waals surface area contributed by atoms with Crippen LogP contribution in [0, 0.1) is 0 Å². The molecule has 0 saturated heterocycles. The number of carbonyl (C=O) groups is 1. The summed E-state index contributed by atoms with van der Waals surface area (Å²) in [6, 6.07) is 3.29. The summed E-state index contributed by atoms with van der Waals surface area (Å²) in [5, 5.41) is 0. The van der Waals surface area contributed by atoms with Gasteiger partial charge in [0, 0.05) is 17.7 Å². The normalized spacial score (nSPS) is 15.4. The van der Waals surface area contributed by atoms with Crippen molar-refractivity contribution in [2.45, 2.75) is 32.3 Å². The fourth-order valence-corrected chi connectivity index (χ4v) is 1.51. The maximum Gasteiger partial charge on any atom is 0.217 e. The Morgan fingerprint density at radius 3 is 2.56 bits per heavy atom. The topological polar surface area (TPSA) is 48.4 Å². The molecule has 86 valence electrons. The number of Topliss-reactive ketones (excluding diaryl/α,β-unsaturated/α-hetero) is 1. The molecule has 1 aliphatic carbocycles. The van der Waals surface area contributed by atoms with Gasteiger partial charge in [-0.1, -0.05) is 0 Å². The van der Waals surface area contributed by atoms with E-state index in [0.29, 0.717) is 17.3 Å². The van der Waals surface area contributed by atoms with Crippen LogP contribution in [0.4, 0.5) is 0 Å². The smallest absolute Gasteiger partial charge is 0.217 e. The van der Waals surface area contributed by atoms with Crippen LogP contribution in [0.5, 0.6) is 11.8 Å². The van der Waals surface area contributed by atoms with Crippen molar-refractivity contribution in [3.05, 3.63) is 17.7 Å². The second kappa shape index (κ2) is 4.51. The van der Waals surface area contributed by atoms with E-state index in [9.17, 15) is 4.79 Å². The van der Waals surface area contributed by atoms with Crippen molar-refractivity contribution < 1.29 is 14.3 Å². The van der Waals surface area contributed by atoms with Gasteiger partial charge in [0.05, 0.1) is 7.11 Å². The molecule has 0 aliphatic heterocycles. The molecular formula is C12H15NO3. The summed E-state index contributed by atoms with van der Waals surface area (Å²) in [7, 11) is 1.53. The number of carbonyl (C=O) groups excluding carboxylic acids is 1. The van der Waals surface area contributed by atoms with E-state index in [1.807, 2.05) is 0 Å². The highest BCUT2D eigenvalue weighted by molar-refractivity contribution is 5.94. The highest BCUT2D eigenvalue weighted by atomic mass is 16.5. The maximum absolute atomic E-state index is 11.3. The molecule has 0 N–H and O–H groups in total. The average molecular weight is 221 g/mol. The van der Waals surface area contributed by atoms with Gasteiger partial charge in [0.25, 0.3) is 0 Å². The van der Waals surface area contributed by atoms with Crippen LogP contribution in [0.15, 0.2) is 12.1 Å². The first-order valence-corrected chi connectivity index (χ1v) is 5.42. The monoisotopic (exact) mass is 221 g/mol. The lowest BCUT2D eigenvalue weighted by molar-refractivity contribution is 0.100. The van der Waals surface area contributed by atoms with E-state index in [-0.39, 0.29) is 11.9 Å². The molecule has 1 aromatic rings. The number of ketones is 1. The van der Waals surface area contributed by atoms with Gasteiger partial charge in [-0.05, 0) is 26.2 Å². The zero-order valence-electron chi connectivity index (χ0n) is 9.53. The van der Waals surface area contributed by atoms with Gasteiger partial charge in [-0.2, -0.15) is 4.98 Å². The molecule has 1 saturated carbocycles. The van der Waals surface area contributed by atoms with Crippen LogP contribution < -0.4 is 9.47 Å². The fourth-order valence-electron chi connectivity index (χ4n) is 1.51. The van der Waals surface area contributed by atoms with E-state index in [1.54, 1.807) is 12.1 Å². The van der Waals surface area contributed by atoms with Crippen molar-refractivity contribution in [2.24, 2.45) is 0 Å². The highest BCUT2D eigenvalue weighted by Gasteiger charge is 2.20. The summed E-state index contributed by atoms with van der Waals surface area (Å²) in [5.41, 5.74) is 0.571. The van der Waals surface area contributed by atoms with Crippen molar-refractivity contribution in [2.75, 3.05) is 7.11 Å². The molecule has 0 atom stereocenters. The Morgan fingerprint density at radius 1 is 1.38 bits per heavy atom. The van der Waals surface area contributed by atoms with Gasteiger partial charge < -0.3 is 9.47 Å². The predicted octanol–water partition coefficient (Wildman–Crippen LogP) is 2.22. The van der Waals surface area contributed by atoms with E-state index in [0.717, 1.165) is 12.8 Å². The standard InChI is InChI=1S/C12H15NO3/c1-8(14)9-6-11(15-2)13-12(7-9)16-10-4-3-5-10/h6-7,10H,3-5H2,1-2H3. The molecule has 4 heteroatoms. The number of methoxy groups -OCH3 is 1. The third kappa shape index (κ3) is 2.32. The van der Waals surface area contributed by atoms with E-state index < -0.39 is 0 Å². The molecule has 16 heavy (non-hydrogen) atoms. The highest BCUT2D eigenvalue weighted by Crippen LogP contribution is 2.26. The molecule has 1 fully saturated rings. The fraction of sp³-hybridized carbons (Fsp3) is 0.500. The quantitative estimate of drug-likeness (QED) is 0.731. The Balaban J connectivity index is 2.21. The minimum Gasteiger partial charge on any atom is -0.481 e. The van der Waals surface area contributed by atoms with E-state index >= 15 is 0 Å². The van der Waals surface area contributed by atoms with Crippen LogP contribution in [-0.4, -0.2) is 24.0 Å². The zero-order valence-corrected chi connectivity index (χ0v) is 9.53. The summed E-state index contributed by atoms with van der Waals surface area (Å²) in [6.45, 7) is 1.52. The predicted molar refractivity (Wildman–Crippen MR) is 59.1 cm³/mol. The number of aromatic nitrogens is 1. The molecule has 1 aromatic heterocycles. The van der Waals surface area contributed by atoms with Crippen LogP contribution in [0.1, 0.15) is 36.5 Å². The van der Waals surface area contributed by atoms with Gasteiger partial charge in [0.15, 0.2) is 5.78 Å². The number of rotatable bonds is 4. The SMILES string of the molecule is COc1cc(C(C)=O)cc(OC2CCC2)n1. The summed E-state index contributed by atoms with van der Waals surface area (Å²) in [4.78, 5) is 15.5. The summed E-state index contributed by atoms with van der Waals surface area (Å²) >= 11 is 0. The molecular weight excluding hydrogens is 206 g/mol. The first kappa shape index (κ1) is 10.9. The number of hydrogen-bond donors (Lipinski definition) is 0. The van der Waals surface area contributed by atoms with Crippen molar-refractivity contribution in [3.8, 4) is 11.8 Å². The van der Waals surface area contributed by atoms with Crippen LogP contribution in [0.25, 0.3) is 0 Å².